The number of nitrogens with one attached hydrogen (secondary N) is 2. The molecular weight excluding hydrogens is 261 g/mol. The van der Waals surface area contributed by atoms with Gasteiger partial charge in [0.2, 0.25) is 0 Å². The normalized spacial score (nSPS) is 18.9. The van der Waals surface area contributed by atoms with Crippen LogP contribution in [0.3, 0.4) is 0 Å². The highest BCUT2D eigenvalue weighted by Crippen LogP contribution is 2.22. The number of rotatable bonds is 4. The Bertz CT molecular complexity index is 532. The van der Waals surface area contributed by atoms with Gasteiger partial charge in [-0.3, -0.25) is 5.10 Å². The van der Waals surface area contributed by atoms with Gasteiger partial charge in [0.05, 0.1) is 11.9 Å². The van der Waals surface area contributed by atoms with Gasteiger partial charge in [-0.2, -0.15) is 16.9 Å². The highest BCUT2D eigenvalue weighted by Gasteiger charge is 2.16. The minimum Gasteiger partial charge on any atom is -0.309 e. The van der Waals surface area contributed by atoms with E-state index in [4.69, 9.17) is 0 Å². The van der Waals surface area contributed by atoms with Crippen LogP contribution in [0.25, 0.3) is 11.3 Å². The summed E-state index contributed by atoms with van der Waals surface area (Å²) in [5.74, 6) is 2.21. The van der Waals surface area contributed by atoms with Gasteiger partial charge in [-0.15, -0.1) is 0 Å². The monoisotopic (exact) mass is 277 g/mol. The van der Waals surface area contributed by atoms with Crippen LogP contribution >= 0.6 is 11.8 Å². The first kappa shape index (κ1) is 12.7. The van der Waals surface area contributed by atoms with E-state index in [0.717, 1.165) is 23.4 Å². The molecule has 3 nitrogen and oxygen atoms in total. The number of benzene rings is 1. The number of hydrogen-bond donors (Lipinski definition) is 2. The predicted octanol–water partition coefficient (Wildman–Crippen LogP) is 2.81. The molecule has 0 radical (unpaired) electrons. The molecule has 0 spiro atoms. The van der Waals surface area contributed by atoms with Crippen LogP contribution in [-0.4, -0.2) is 27.7 Å². The quantitative estimate of drug-likeness (QED) is 0.903. The lowest BCUT2D eigenvalue weighted by molar-refractivity contribution is 0.558. The number of hydrogen-bond acceptors (Lipinski definition) is 3. The molecule has 1 atom stereocenters. The molecule has 2 heterocycles. The van der Waals surface area contributed by atoms with Crippen LogP contribution in [0.4, 0.5) is 4.39 Å². The van der Waals surface area contributed by atoms with Gasteiger partial charge in [0, 0.05) is 29.5 Å². The van der Waals surface area contributed by atoms with Gasteiger partial charge in [0.1, 0.15) is 5.82 Å². The Labute approximate surface area is 116 Å². The second-order valence-corrected chi connectivity index (χ2v) is 5.87. The molecule has 0 unspecified atom stereocenters. The van der Waals surface area contributed by atoms with Crippen molar-refractivity contribution in [2.24, 2.45) is 0 Å². The molecule has 1 aliphatic heterocycles. The maximum absolute atomic E-state index is 12.9. The third-order valence-electron chi connectivity index (χ3n) is 3.36. The van der Waals surface area contributed by atoms with E-state index in [0.29, 0.717) is 6.04 Å². The van der Waals surface area contributed by atoms with E-state index in [-0.39, 0.29) is 5.82 Å². The van der Waals surface area contributed by atoms with E-state index in [9.17, 15) is 4.39 Å². The Morgan fingerprint density at radius 1 is 1.37 bits per heavy atom. The maximum Gasteiger partial charge on any atom is 0.123 e. The molecule has 1 aliphatic rings. The molecule has 1 aromatic carbocycles. The summed E-state index contributed by atoms with van der Waals surface area (Å²) in [5, 5.41) is 10.7. The summed E-state index contributed by atoms with van der Waals surface area (Å²) in [6.07, 6.45) is 3.07. The maximum atomic E-state index is 12.9. The van der Waals surface area contributed by atoms with Crippen LogP contribution in [0, 0.1) is 5.82 Å². The smallest absolute Gasteiger partial charge is 0.123 e. The van der Waals surface area contributed by atoms with Gasteiger partial charge in [-0.1, -0.05) is 0 Å². The Morgan fingerprint density at radius 2 is 2.21 bits per heavy atom. The SMILES string of the molecule is Fc1ccc(-c2[nH]ncc2CN[C@@H]2CCSC2)cc1. The van der Waals surface area contributed by atoms with Crippen molar-refractivity contribution in [1.29, 1.82) is 0 Å². The molecule has 2 aromatic rings. The van der Waals surface area contributed by atoms with Crippen LogP contribution < -0.4 is 5.32 Å². The van der Waals surface area contributed by atoms with Crippen molar-refractivity contribution in [3.8, 4) is 11.3 Å². The molecule has 0 saturated carbocycles. The Balaban J connectivity index is 1.72. The first-order valence-electron chi connectivity index (χ1n) is 6.42. The molecule has 1 aromatic heterocycles. The third kappa shape index (κ3) is 2.98. The van der Waals surface area contributed by atoms with Crippen molar-refractivity contribution < 1.29 is 4.39 Å². The van der Waals surface area contributed by atoms with Gasteiger partial charge in [0.15, 0.2) is 0 Å². The standard InChI is InChI=1S/C14H16FN3S/c15-12-3-1-10(2-4-12)14-11(8-17-18-14)7-16-13-5-6-19-9-13/h1-4,8,13,16H,5-7,9H2,(H,17,18)/t13-/m1/s1. The molecular formula is C14H16FN3S. The van der Waals surface area contributed by atoms with Gasteiger partial charge < -0.3 is 5.32 Å². The molecule has 0 amide bonds. The number of aromatic nitrogens is 2. The topological polar surface area (TPSA) is 40.7 Å². The minimum atomic E-state index is -0.217. The van der Waals surface area contributed by atoms with Gasteiger partial charge in [-0.05, 0) is 36.4 Å². The summed E-state index contributed by atoms with van der Waals surface area (Å²) in [4.78, 5) is 0. The molecule has 2 N–H and O–H groups in total. The van der Waals surface area contributed by atoms with E-state index in [1.54, 1.807) is 12.1 Å². The summed E-state index contributed by atoms with van der Waals surface area (Å²) in [6, 6.07) is 7.10. The molecule has 0 aliphatic carbocycles. The van der Waals surface area contributed by atoms with Crippen molar-refractivity contribution in [3.63, 3.8) is 0 Å². The molecule has 19 heavy (non-hydrogen) atoms. The number of halogens is 1. The minimum absolute atomic E-state index is 0.217. The van der Waals surface area contributed by atoms with Crippen LogP contribution in [0.2, 0.25) is 0 Å². The van der Waals surface area contributed by atoms with Crippen LogP contribution in [-0.2, 0) is 6.54 Å². The lowest BCUT2D eigenvalue weighted by Crippen LogP contribution is -2.27. The van der Waals surface area contributed by atoms with E-state index < -0.39 is 0 Å². The van der Waals surface area contributed by atoms with Crippen LogP contribution in [0.5, 0.6) is 0 Å². The average Bonchev–Trinajstić information content (AvgIpc) is 3.08. The fourth-order valence-corrected chi connectivity index (χ4v) is 3.45. The van der Waals surface area contributed by atoms with Crippen molar-refractivity contribution in [2.75, 3.05) is 11.5 Å². The lowest BCUT2D eigenvalue weighted by Gasteiger charge is -2.11. The van der Waals surface area contributed by atoms with Crippen molar-refractivity contribution in [1.82, 2.24) is 15.5 Å². The highest BCUT2D eigenvalue weighted by atomic mass is 32.2. The van der Waals surface area contributed by atoms with Gasteiger partial charge in [0.25, 0.3) is 0 Å². The zero-order valence-corrected chi connectivity index (χ0v) is 11.3. The Kier molecular flexibility index (Phi) is 3.84. The molecule has 100 valence electrons. The number of H-pyrrole nitrogens is 1. The Hall–Kier alpha value is -1.33. The summed E-state index contributed by atoms with van der Waals surface area (Å²) in [7, 11) is 0. The second kappa shape index (κ2) is 5.75. The zero-order valence-electron chi connectivity index (χ0n) is 10.5. The first-order chi connectivity index (χ1) is 9.33. The molecule has 5 heteroatoms. The number of thioether (sulfide) groups is 1. The Morgan fingerprint density at radius 3 is 2.95 bits per heavy atom. The largest absolute Gasteiger partial charge is 0.309 e. The highest BCUT2D eigenvalue weighted by molar-refractivity contribution is 7.99. The predicted molar refractivity (Wildman–Crippen MR) is 76.6 cm³/mol. The number of aromatic amines is 1. The first-order valence-corrected chi connectivity index (χ1v) is 7.58. The van der Waals surface area contributed by atoms with E-state index in [1.165, 1.54) is 30.1 Å². The molecule has 1 saturated heterocycles. The fourth-order valence-electron chi connectivity index (χ4n) is 2.26. The summed E-state index contributed by atoms with van der Waals surface area (Å²) in [5.41, 5.74) is 3.07. The van der Waals surface area contributed by atoms with E-state index >= 15 is 0 Å². The van der Waals surface area contributed by atoms with Crippen molar-refractivity contribution >= 4 is 11.8 Å². The fraction of sp³-hybridized carbons (Fsp3) is 0.357. The van der Waals surface area contributed by atoms with Gasteiger partial charge in [-0.25, -0.2) is 4.39 Å². The molecule has 3 rings (SSSR count). The van der Waals surface area contributed by atoms with E-state index in [2.05, 4.69) is 15.5 Å². The van der Waals surface area contributed by atoms with Crippen molar-refractivity contribution in [3.05, 3.63) is 41.8 Å². The average molecular weight is 277 g/mol. The van der Waals surface area contributed by atoms with Gasteiger partial charge >= 0.3 is 0 Å². The van der Waals surface area contributed by atoms with Crippen LogP contribution in [0.15, 0.2) is 30.5 Å². The van der Waals surface area contributed by atoms with Crippen LogP contribution in [0.1, 0.15) is 12.0 Å². The molecule has 0 bridgehead atoms. The summed E-state index contributed by atoms with van der Waals surface area (Å²) < 4.78 is 12.9. The lowest BCUT2D eigenvalue weighted by atomic mass is 10.1. The summed E-state index contributed by atoms with van der Waals surface area (Å²) in [6.45, 7) is 0.800. The molecule has 1 fully saturated rings. The third-order valence-corrected chi connectivity index (χ3v) is 4.52. The van der Waals surface area contributed by atoms with E-state index in [1.807, 2.05) is 18.0 Å². The summed E-state index contributed by atoms with van der Waals surface area (Å²) >= 11 is 1.99. The van der Waals surface area contributed by atoms with Crippen molar-refractivity contribution in [2.45, 2.75) is 19.0 Å². The number of nitrogens with zero attached hydrogens (tertiary/aromatic N) is 1. The zero-order chi connectivity index (χ0) is 13.1. The second-order valence-electron chi connectivity index (χ2n) is 4.72.